The Hall–Kier alpha value is -3.74. The normalized spacial score (nSPS) is 14.2. The summed E-state index contributed by atoms with van der Waals surface area (Å²) in [5, 5.41) is 23.8. The molecule has 0 aliphatic carbocycles. The highest BCUT2D eigenvalue weighted by Gasteiger charge is 2.24. The quantitative estimate of drug-likeness (QED) is 0.0245. The van der Waals surface area contributed by atoms with Crippen molar-refractivity contribution in [2.24, 2.45) is 0 Å². The van der Waals surface area contributed by atoms with Gasteiger partial charge < -0.3 is 20.3 Å². The van der Waals surface area contributed by atoms with Gasteiger partial charge in [0.2, 0.25) is 5.91 Å². The minimum Gasteiger partial charge on any atom is -0.462 e. The molecule has 0 aromatic heterocycles. The Morgan fingerprint density at radius 2 is 0.896 bits per heavy atom. The molecule has 0 aromatic rings. The molecule has 67 heavy (non-hydrogen) atoms. The summed E-state index contributed by atoms with van der Waals surface area (Å²) in [7, 11) is 0. The Labute approximate surface area is 412 Å². The van der Waals surface area contributed by atoms with Gasteiger partial charge in [-0.25, -0.2) is 0 Å². The van der Waals surface area contributed by atoms with Gasteiger partial charge in [0.05, 0.1) is 25.2 Å². The maximum absolute atomic E-state index is 13.2. The summed E-state index contributed by atoms with van der Waals surface area (Å²) in [5.41, 5.74) is 0. The third-order valence-corrected chi connectivity index (χ3v) is 11.6. The van der Waals surface area contributed by atoms with Gasteiger partial charge in [0.25, 0.3) is 0 Å². The van der Waals surface area contributed by atoms with Crippen LogP contribution in [0.25, 0.3) is 0 Å². The van der Waals surface area contributed by atoms with E-state index >= 15 is 0 Å². The SMILES string of the molecule is CC/C=C\C/C=C\C/C=C\C/C=C\C/C=C\CCCC(=O)OC(CCCCC/C=C/C=C/C=C/C=C/C=C/CCC)CC(=O)NC(CO)C(O)CCCCCCCCCCCCCCCCC. The van der Waals surface area contributed by atoms with Crippen molar-refractivity contribution in [3.63, 3.8) is 0 Å². The minimum atomic E-state index is -0.818. The topological polar surface area (TPSA) is 95.9 Å². The first kappa shape index (κ1) is 63.3. The third-order valence-electron chi connectivity index (χ3n) is 11.6. The fourth-order valence-corrected chi connectivity index (χ4v) is 7.55. The lowest BCUT2D eigenvalue weighted by atomic mass is 10.0. The molecule has 1 amide bonds. The van der Waals surface area contributed by atoms with Crippen LogP contribution < -0.4 is 5.32 Å². The summed E-state index contributed by atoms with van der Waals surface area (Å²) >= 11 is 0. The largest absolute Gasteiger partial charge is 0.462 e. The molecule has 3 unspecified atom stereocenters. The number of carbonyl (C=O) groups is 2. The van der Waals surface area contributed by atoms with Crippen molar-refractivity contribution >= 4 is 11.9 Å². The van der Waals surface area contributed by atoms with Gasteiger partial charge >= 0.3 is 5.97 Å². The van der Waals surface area contributed by atoms with Gasteiger partial charge in [-0.2, -0.15) is 0 Å². The Morgan fingerprint density at radius 1 is 0.463 bits per heavy atom. The summed E-state index contributed by atoms with van der Waals surface area (Å²) in [6.07, 6.45) is 74.0. The number of carbonyl (C=O) groups excluding carboxylic acids is 2. The first-order valence-corrected chi connectivity index (χ1v) is 27.3. The van der Waals surface area contributed by atoms with Gasteiger partial charge in [-0.15, -0.1) is 0 Å². The molecular formula is C61H101NO5. The van der Waals surface area contributed by atoms with Crippen LogP contribution in [0.5, 0.6) is 0 Å². The van der Waals surface area contributed by atoms with Crippen LogP contribution in [0.3, 0.4) is 0 Å². The molecule has 3 N–H and O–H groups in total. The number of nitrogens with one attached hydrogen (secondary N) is 1. The molecule has 0 heterocycles. The molecule has 0 saturated carbocycles. The van der Waals surface area contributed by atoms with Crippen LogP contribution in [-0.2, 0) is 14.3 Å². The zero-order chi connectivity index (χ0) is 48.8. The highest BCUT2D eigenvalue weighted by Crippen LogP contribution is 2.17. The monoisotopic (exact) mass is 928 g/mol. The van der Waals surface area contributed by atoms with E-state index in [9.17, 15) is 19.8 Å². The van der Waals surface area contributed by atoms with Gasteiger partial charge in [-0.05, 0) is 83.5 Å². The molecule has 0 bridgehead atoms. The van der Waals surface area contributed by atoms with Gasteiger partial charge in [0.1, 0.15) is 6.10 Å². The number of esters is 1. The number of aliphatic hydroxyl groups excluding tert-OH is 2. The van der Waals surface area contributed by atoms with E-state index in [1.54, 1.807) is 0 Å². The lowest BCUT2D eigenvalue weighted by molar-refractivity contribution is -0.151. The third kappa shape index (κ3) is 48.5. The lowest BCUT2D eigenvalue weighted by Crippen LogP contribution is -2.46. The van der Waals surface area contributed by atoms with Gasteiger partial charge in [0, 0.05) is 6.42 Å². The van der Waals surface area contributed by atoms with Crippen molar-refractivity contribution in [3.05, 3.63) is 122 Å². The first-order chi connectivity index (χ1) is 33.0. The summed E-state index contributed by atoms with van der Waals surface area (Å²) in [6.45, 7) is 6.26. The Morgan fingerprint density at radius 3 is 1.40 bits per heavy atom. The molecule has 0 aliphatic rings. The summed E-state index contributed by atoms with van der Waals surface area (Å²) in [4.78, 5) is 26.2. The van der Waals surface area contributed by atoms with E-state index in [4.69, 9.17) is 4.74 Å². The van der Waals surface area contributed by atoms with Crippen LogP contribution in [0.1, 0.15) is 226 Å². The first-order valence-electron chi connectivity index (χ1n) is 27.3. The van der Waals surface area contributed by atoms with E-state index in [2.05, 4.69) is 111 Å². The van der Waals surface area contributed by atoms with Crippen molar-refractivity contribution in [2.75, 3.05) is 6.61 Å². The van der Waals surface area contributed by atoms with Crippen molar-refractivity contribution < 1.29 is 24.5 Å². The van der Waals surface area contributed by atoms with Crippen molar-refractivity contribution in [2.45, 2.75) is 244 Å². The molecule has 0 spiro atoms. The zero-order valence-corrected chi connectivity index (χ0v) is 43.2. The van der Waals surface area contributed by atoms with Crippen LogP contribution in [0.4, 0.5) is 0 Å². The van der Waals surface area contributed by atoms with Crippen LogP contribution in [-0.4, -0.2) is 46.9 Å². The standard InChI is InChI=1S/C61H101NO5/c1-4-7-10-13-16-19-22-25-28-30-33-36-39-42-45-48-51-54-61(66)67-57(52-49-46-43-40-37-34-32-29-26-23-20-17-14-11-8-5-2)55-60(65)62-58(56-63)59(64)53-50-47-44-41-38-35-31-27-24-21-18-15-12-9-6-3/h7,10-11,14,16-17,19-20,23,25-26,28-29,32-34,36-37,42,45,57-59,63-64H,4-6,8-9,12-13,15,18,21-22,24,27,30-31,35,38-41,43-44,46-56H2,1-3H3,(H,62,65)/b10-7-,14-11+,19-16-,20-17+,26-23+,28-25-,32-29+,36-33-,37-34+,45-42-. The Bertz CT molecular complexity index is 1410. The number of rotatable bonds is 47. The van der Waals surface area contributed by atoms with Crippen LogP contribution >= 0.6 is 0 Å². The second-order valence-corrected chi connectivity index (χ2v) is 18.0. The highest BCUT2D eigenvalue weighted by atomic mass is 16.5. The van der Waals surface area contributed by atoms with Crippen LogP contribution in [0.15, 0.2) is 122 Å². The molecule has 0 fully saturated rings. The average Bonchev–Trinajstić information content (AvgIpc) is 3.32. The highest BCUT2D eigenvalue weighted by molar-refractivity contribution is 5.77. The summed E-state index contributed by atoms with van der Waals surface area (Å²) in [6, 6.07) is -0.737. The van der Waals surface area contributed by atoms with Gasteiger partial charge in [0.15, 0.2) is 0 Å². The second kappa shape index (κ2) is 53.2. The van der Waals surface area contributed by atoms with Crippen LogP contribution in [0.2, 0.25) is 0 Å². The minimum absolute atomic E-state index is 0.0190. The van der Waals surface area contributed by atoms with Gasteiger partial charge in [-0.3, -0.25) is 9.59 Å². The number of hydrogen-bond donors (Lipinski definition) is 3. The molecule has 0 rings (SSSR count). The number of amides is 1. The van der Waals surface area contributed by atoms with Crippen molar-refractivity contribution in [1.29, 1.82) is 0 Å². The number of hydrogen-bond acceptors (Lipinski definition) is 5. The molecular weight excluding hydrogens is 827 g/mol. The summed E-state index contributed by atoms with van der Waals surface area (Å²) in [5.74, 6) is -0.595. The maximum Gasteiger partial charge on any atom is 0.306 e. The number of allylic oxidation sites excluding steroid dienone is 20. The molecule has 6 nitrogen and oxygen atoms in total. The van der Waals surface area contributed by atoms with E-state index in [1.807, 2.05) is 36.5 Å². The molecule has 3 atom stereocenters. The molecule has 0 aliphatic heterocycles. The number of ether oxygens (including phenoxy) is 1. The fourth-order valence-electron chi connectivity index (χ4n) is 7.55. The number of aliphatic hydroxyl groups is 2. The van der Waals surface area contributed by atoms with E-state index in [0.29, 0.717) is 25.7 Å². The second-order valence-electron chi connectivity index (χ2n) is 18.0. The fraction of sp³-hybridized carbons (Fsp3) is 0.639. The predicted octanol–water partition coefficient (Wildman–Crippen LogP) is 16.8. The average molecular weight is 928 g/mol. The zero-order valence-electron chi connectivity index (χ0n) is 43.2. The molecule has 0 aromatic carbocycles. The van der Waals surface area contributed by atoms with E-state index in [-0.39, 0.29) is 24.9 Å². The summed E-state index contributed by atoms with van der Waals surface area (Å²) < 4.78 is 5.90. The Balaban J connectivity index is 4.78. The van der Waals surface area contributed by atoms with Gasteiger partial charge in [-0.1, -0.05) is 251 Å². The lowest BCUT2D eigenvalue weighted by Gasteiger charge is -2.24. The van der Waals surface area contributed by atoms with Crippen molar-refractivity contribution in [3.8, 4) is 0 Å². The molecule has 0 saturated heterocycles. The van der Waals surface area contributed by atoms with E-state index in [1.165, 1.54) is 77.0 Å². The smallest absolute Gasteiger partial charge is 0.306 e. The number of unbranched alkanes of at least 4 members (excludes halogenated alkanes) is 19. The van der Waals surface area contributed by atoms with Crippen molar-refractivity contribution in [1.82, 2.24) is 5.32 Å². The maximum atomic E-state index is 13.2. The molecule has 0 radical (unpaired) electrons. The predicted molar refractivity (Wildman–Crippen MR) is 291 cm³/mol. The van der Waals surface area contributed by atoms with E-state index in [0.717, 1.165) is 96.3 Å². The van der Waals surface area contributed by atoms with Crippen LogP contribution in [0, 0.1) is 0 Å². The van der Waals surface area contributed by atoms with E-state index < -0.39 is 18.2 Å². The Kier molecular flexibility index (Phi) is 50.2. The molecule has 380 valence electrons. The molecule has 6 heteroatoms.